The van der Waals surface area contributed by atoms with Crippen LogP contribution in [0, 0.1) is 0 Å². The lowest BCUT2D eigenvalue weighted by molar-refractivity contribution is -0.100. The standard InChI is InChI=1S/C14H24N2O2S/c1-14(2,3)12-9-19-13(16-12)7-10(15-4)11-8-17-5-6-18-11/h9-11,15H,5-8H2,1-4H3. The van der Waals surface area contributed by atoms with Crippen LogP contribution in [0.1, 0.15) is 31.5 Å². The van der Waals surface area contributed by atoms with Crippen molar-refractivity contribution in [1.82, 2.24) is 10.3 Å². The molecule has 2 heterocycles. The molecular weight excluding hydrogens is 260 g/mol. The van der Waals surface area contributed by atoms with Crippen molar-refractivity contribution in [3.63, 3.8) is 0 Å². The fourth-order valence-corrected chi connectivity index (χ4v) is 3.18. The highest BCUT2D eigenvalue weighted by atomic mass is 32.1. The molecule has 0 saturated carbocycles. The smallest absolute Gasteiger partial charge is 0.0966 e. The number of ether oxygens (including phenoxy) is 2. The fraction of sp³-hybridized carbons (Fsp3) is 0.786. The van der Waals surface area contributed by atoms with Crippen molar-refractivity contribution >= 4 is 11.3 Å². The van der Waals surface area contributed by atoms with Gasteiger partial charge in [-0.25, -0.2) is 4.98 Å². The van der Waals surface area contributed by atoms with E-state index in [1.165, 1.54) is 10.7 Å². The van der Waals surface area contributed by atoms with E-state index in [1.807, 2.05) is 7.05 Å². The normalized spacial score (nSPS) is 22.4. The molecule has 4 nitrogen and oxygen atoms in total. The first kappa shape index (κ1) is 14.9. The van der Waals surface area contributed by atoms with Gasteiger partial charge < -0.3 is 14.8 Å². The molecule has 0 bridgehead atoms. The largest absolute Gasteiger partial charge is 0.376 e. The van der Waals surface area contributed by atoms with Gasteiger partial charge in [-0.15, -0.1) is 11.3 Å². The zero-order valence-electron chi connectivity index (χ0n) is 12.2. The number of rotatable bonds is 4. The highest BCUT2D eigenvalue weighted by Gasteiger charge is 2.26. The minimum absolute atomic E-state index is 0.119. The molecular formula is C14H24N2O2S. The second kappa shape index (κ2) is 6.31. The Bertz CT molecular complexity index is 394. The van der Waals surface area contributed by atoms with Crippen LogP contribution in [0.3, 0.4) is 0 Å². The first-order chi connectivity index (χ1) is 9.00. The third-order valence-electron chi connectivity index (χ3n) is 3.38. The molecule has 0 aromatic carbocycles. The van der Waals surface area contributed by atoms with Gasteiger partial charge in [-0.05, 0) is 7.05 Å². The van der Waals surface area contributed by atoms with Crippen molar-refractivity contribution in [3.05, 3.63) is 16.1 Å². The molecule has 2 rings (SSSR count). The van der Waals surface area contributed by atoms with Gasteiger partial charge in [0.1, 0.15) is 0 Å². The van der Waals surface area contributed by atoms with Gasteiger partial charge in [0.15, 0.2) is 0 Å². The van der Waals surface area contributed by atoms with Crippen LogP contribution in [0.5, 0.6) is 0 Å². The molecule has 19 heavy (non-hydrogen) atoms. The van der Waals surface area contributed by atoms with E-state index >= 15 is 0 Å². The Morgan fingerprint density at radius 2 is 2.26 bits per heavy atom. The second-order valence-electron chi connectivity index (χ2n) is 5.96. The molecule has 108 valence electrons. The van der Waals surface area contributed by atoms with Crippen molar-refractivity contribution in [1.29, 1.82) is 0 Å². The van der Waals surface area contributed by atoms with E-state index in [0.717, 1.165) is 6.42 Å². The zero-order chi connectivity index (χ0) is 13.9. The Labute approximate surface area is 119 Å². The van der Waals surface area contributed by atoms with E-state index < -0.39 is 0 Å². The summed E-state index contributed by atoms with van der Waals surface area (Å²) in [4.78, 5) is 4.75. The monoisotopic (exact) mass is 284 g/mol. The molecule has 0 spiro atoms. The zero-order valence-corrected chi connectivity index (χ0v) is 13.0. The molecule has 0 aliphatic carbocycles. The van der Waals surface area contributed by atoms with Crippen molar-refractivity contribution in [2.75, 3.05) is 26.9 Å². The quantitative estimate of drug-likeness (QED) is 0.918. The molecule has 1 saturated heterocycles. The summed E-state index contributed by atoms with van der Waals surface area (Å²) in [5.41, 5.74) is 1.29. The van der Waals surface area contributed by atoms with Gasteiger partial charge in [0.25, 0.3) is 0 Å². The van der Waals surface area contributed by atoms with Gasteiger partial charge in [-0.2, -0.15) is 0 Å². The molecule has 1 aliphatic heterocycles. The van der Waals surface area contributed by atoms with Gasteiger partial charge in [-0.1, -0.05) is 20.8 Å². The Hall–Kier alpha value is -0.490. The van der Waals surface area contributed by atoms with Crippen LogP contribution in [-0.2, 0) is 21.3 Å². The van der Waals surface area contributed by atoms with E-state index in [2.05, 4.69) is 31.5 Å². The Morgan fingerprint density at radius 1 is 1.47 bits per heavy atom. The SMILES string of the molecule is CNC(Cc1nc(C(C)(C)C)cs1)C1COCCO1. The number of likely N-dealkylation sites (N-methyl/N-ethyl adjacent to an activating group) is 1. The molecule has 2 atom stereocenters. The minimum Gasteiger partial charge on any atom is -0.376 e. The number of hydrogen-bond acceptors (Lipinski definition) is 5. The Morgan fingerprint density at radius 3 is 2.79 bits per heavy atom. The molecule has 0 radical (unpaired) electrons. The highest BCUT2D eigenvalue weighted by molar-refractivity contribution is 7.09. The molecule has 1 N–H and O–H groups in total. The first-order valence-electron chi connectivity index (χ1n) is 6.82. The summed E-state index contributed by atoms with van der Waals surface area (Å²) in [7, 11) is 1.97. The molecule has 0 amide bonds. The molecule has 1 aromatic rings. The van der Waals surface area contributed by atoms with Gasteiger partial charge in [0.05, 0.1) is 36.6 Å². The summed E-state index contributed by atoms with van der Waals surface area (Å²) in [5, 5.41) is 6.66. The maximum atomic E-state index is 5.77. The van der Waals surface area contributed by atoms with E-state index in [-0.39, 0.29) is 17.6 Å². The van der Waals surface area contributed by atoms with Crippen molar-refractivity contribution in [2.45, 2.75) is 44.8 Å². The first-order valence-corrected chi connectivity index (χ1v) is 7.70. The van der Waals surface area contributed by atoms with Crippen LogP contribution in [0.4, 0.5) is 0 Å². The van der Waals surface area contributed by atoms with E-state index in [4.69, 9.17) is 14.5 Å². The van der Waals surface area contributed by atoms with Gasteiger partial charge >= 0.3 is 0 Å². The van der Waals surface area contributed by atoms with Gasteiger partial charge in [0, 0.05) is 23.3 Å². The van der Waals surface area contributed by atoms with E-state index in [9.17, 15) is 0 Å². The number of thiazole rings is 1. The lowest BCUT2D eigenvalue weighted by atomic mass is 9.93. The molecule has 5 heteroatoms. The third-order valence-corrected chi connectivity index (χ3v) is 4.25. The molecule has 1 aliphatic rings. The van der Waals surface area contributed by atoms with Crippen molar-refractivity contribution < 1.29 is 9.47 Å². The number of nitrogens with zero attached hydrogens (tertiary/aromatic N) is 1. The van der Waals surface area contributed by atoms with Crippen LogP contribution < -0.4 is 5.32 Å². The summed E-state index contributed by atoms with van der Waals surface area (Å²) in [6, 6.07) is 0.263. The second-order valence-corrected chi connectivity index (χ2v) is 6.90. The number of hydrogen-bond donors (Lipinski definition) is 1. The van der Waals surface area contributed by atoms with Gasteiger partial charge in [0.2, 0.25) is 0 Å². The number of aromatic nitrogens is 1. The lowest BCUT2D eigenvalue weighted by Crippen LogP contribution is -2.46. The van der Waals surface area contributed by atoms with E-state index in [0.29, 0.717) is 19.8 Å². The van der Waals surface area contributed by atoms with Crippen LogP contribution in [0.2, 0.25) is 0 Å². The van der Waals surface area contributed by atoms with Crippen molar-refractivity contribution in [2.24, 2.45) is 0 Å². The maximum absolute atomic E-state index is 5.77. The summed E-state index contributed by atoms with van der Waals surface area (Å²) in [6.07, 6.45) is 1.02. The summed E-state index contributed by atoms with van der Waals surface area (Å²) in [6.45, 7) is 8.65. The number of nitrogens with one attached hydrogen (secondary N) is 1. The topological polar surface area (TPSA) is 43.4 Å². The molecule has 2 unspecified atom stereocenters. The summed E-state index contributed by atoms with van der Waals surface area (Å²) >= 11 is 1.74. The minimum atomic E-state index is 0.119. The Balaban J connectivity index is 1.99. The highest BCUT2D eigenvalue weighted by Crippen LogP contribution is 2.25. The van der Waals surface area contributed by atoms with Gasteiger partial charge in [-0.3, -0.25) is 0 Å². The predicted octanol–water partition coefficient (Wildman–Crippen LogP) is 1.99. The lowest BCUT2D eigenvalue weighted by Gasteiger charge is -2.29. The third kappa shape index (κ3) is 3.99. The fourth-order valence-electron chi connectivity index (χ4n) is 2.09. The molecule has 1 fully saturated rings. The van der Waals surface area contributed by atoms with Crippen LogP contribution >= 0.6 is 11.3 Å². The van der Waals surface area contributed by atoms with Crippen molar-refractivity contribution in [3.8, 4) is 0 Å². The maximum Gasteiger partial charge on any atom is 0.0966 e. The average molecular weight is 284 g/mol. The average Bonchev–Trinajstić information content (AvgIpc) is 2.85. The predicted molar refractivity (Wildman–Crippen MR) is 77.9 cm³/mol. The Kier molecular flexibility index (Phi) is 4.95. The van der Waals surface area contributed by atoms with Crippen LogP contribution in [0.25, 0.3) is 0 Å². The van der Waals surface area contributed by atoms with E-state index in [1.54, 1.807) is 11.3 Å². The van der Waals surface area contributed by atoms with Crippen LogP contribution in [-0.4, -0.2) is 44.0 Å². The van der Waals surface area contributed by atoms with Crippen LogP contribution in [0.15, 0.2) is 5.38 Å². The summed E-state index contributed by atoms with van der Waals surface area (Å²) in [5.74, 6) is 0. The summed E-state index contributed by atoms with van der Waals surface area (Å²) < 4.78 is 11.2. The molecule has 1 aromatic heterocycles.